The van der Waals surface area contributed by atoms with Crippen LogP contribution >= 0.6 is 0 Å². The third kappa shape index (κ3) is 17.7. The average molecular weight is 327 g/mol. The molecule has 0 aromatic rings. The maximum atomic E-state index is 11.3. The van der Waals surface area contributed by atoms with E-state index in [0.717, 1.165) is 6.42 Å². The van der Waals surface area contributed by atoms with Gasteiger partial charge in [0, 0.05) is 0 Å². The van der Waals surface area contributed by atoms with Crippen molar-refractivity contribution >= 4 is 5.97 Å². The van der Waals surface area contributed by atoms with E-state index < -0.39 is 0 Å². The summed E-state index contributed by atoms with van der Waals surface area (Å²) < 4.78 is 5.18. The lowest BCUT2D eigenvalue weighted by Crippen LogP contribution is -2.12. The molecule has 0 unspecified atom stereocenters. The standard InChI is InChI=1S/C21H42O2/c1-4-5-6-7-8-9-10-11-12-13-14-15-16-17-18-19-23-21(22)20(2)3/h20H,4-19H2,1-3H3. The Morgan fingerprint density at radius 2 is 1.00 bits per heavy atom. The number of hydrogen-bond donors (Lipinski definition) is 0. The highest BCUT2D eigenvalue weighted by Gasteiger charge is 2.06. The highest BCUT2D eigenvalue weighted by molar-refractivity contribution is 5.71. The molecule has 0 spiro atoms. The van der Waals surface area contributed by atoms with Gasteiger partial charge in [0.05, 0.1) is 12.5 Å². The summed E-state index contributed by atoms with van der Waals surface area (Å²) in [5.41, 5.74) is 0. The van der Waals surface area contributed by atoms with E-state index in [1.807, 2.05) is 13.8 Å². The fourth-order valence-electron chi connectivity index (χ4n) is 2.81. The van der Waals surface area contributed by atoms with Crippen molar-refractivity contribution in [1.82, 2.24) is 0 Å². The minimum absolute atomic E-state index is 0.00587. The van der Waals surface area contributed by atoms with E-state index in [2.05, 4.69) is 6.92 Å². The van der Waals surface area contributed by atoms with Crippen LogP contribution in [0.5, 0.6) is 0 Å². The molecule has 23 heavy (non-hydrogen) atoms. The Kier molecular flexibility index (Phi) is 17.4. The molecule has 2 heteroatoms. The molecule has 0 atom stereocenters. The first-order valence-corrected chi connectivity index (χ1v) is 10.3. The lowest BCUT2D eigenvalue weighted by Gasteiger charge is -2.06. The molecule has 0 aliphatic heterocycles. The summed E-state index contributed by atoms with van der Waals surface area (Å²) >= 11 is 0. The van der Waals surface area contributed by atoms with Gasteiger partial charge in [-0.25, -0.2) is 0 Å². The number of carbonyl (C=O) groups is 1. The molecule has 0 amide bonds. The second-order valence-electron chi connectivity index (χ2n) is 7.27. The van der Waals surface area contributed by atoms with Crippen molar-refractivity contribution in [2.24, 2.45) is 5.92 Å². The summed E-state index contributed by atoms with van der Waals surface area (Å²) in [6.07, 6.45) is 20.5. The van der Waals surface area contributed by atoms with Gasteiger partial charge < -0.3 is 4.74 Å². The van der Waals surface area contributed by atoms with Crippen LogP contribution in [0.25, 0.3) is 0 Å². The first-order valence-electron chi connectivity index (χ1n) is 10.3. The number of esters is 1. The van der Waals surface area contributed by atoms with Gasteiger partial charge >= 0.3 is 5.97 Å². The Hall–Kier alpha value is -0.530. The zero-order chi connectivity index (χ0) is 17.2. The minimum Gasteiger partial charge on any atom is -0.465 e. The molecule has 0 aromatic carbocycles. The SMILES string of the molecule is CCCCCCCCCCCCCCCCCOC(=O)C(C)C. The highest BCUT2D eigenvalue weighted by atomic mass is 16.5. The zero-order valence-corrected chi connectivity index (χ0v) is 16.2. The van der Waals surface area contributed by atoms with Gasteiger partial charge in [0.15, 0.2) is 0 Å². The van der Waals surface area contributed by atoms with E-state index in [1.54, 1.807) is 0 Å². The summed E-state index contributed by atoms with van der Waals surface area (Å²) in [5.74, 6) is -0.0540. The Balaban J connectivity index is 3.04. The van der Waals surface area contributed by atoms with Crippen LogP contribution in [0.4, 0.5) is 0 Å². The molecule has 0 bridgehead atoms. The molecule has 0 saturated carbocycles. The monoisotopic (exact) mass is 326 g/mol. The van der Waals surface area contributed by atoms with Crippen molar-refractivity contribution < 1.29 is 9.53 Å². The summed E-state index contributed by atoms with van der Waals surface area (Å²) in [6.45, 7) is 6.65. The van der Waals surface area contributed by atoms with Crippen LogP contribution < -0.4 is 0 Å². The van der Waals surface area contributed by atoms with Gasteiger partial charge in [0.2, 0.25) is 0 Å². The second-order valence-corrected chi connectivity index (χ2v) is 7.27. The Morgan fingerprint density at radius 3 is 1.35 bits per heavy atom. The van der Waals surface area contributed by atoms with Crippen molar-refractivity contribution in [2.75, 3.05) is 6.61 Å². The van der Waals surface area contributed by atoms with Gasteiger partial charge in [0.1, 0.15) is 0 Å². The van der Waals surface area contributed by atoms with E-state index >= 15 is 0 Å². The first-order chi connectivity index (χ1) is 11.2. The lowest BCUT2D eigenvalue weighted by molar-refractivity contribution is -0.147. The Morgan fingerprint density at radius 1 is 0.652 bits per heavy atom. The topological polar surface area (TPSA) is 26.3 Å². The smallest absolute Gasteiger partial charge is 0.308 e. The van der Waals surface area contributed by atoms with Crippen LogP contribution in [0, 0.1) is 5.92 Å². The molecule has 0 aliphatic rings. The van der Waals surface area contributed by atoms with Gasteiger partial charge in [-0.1, -0.05) is 111 Å². The number of unbranched alkanes of at least 4 members (excludes halogenated alkanes) is 14. The predicted molar refractivity (Wildman–Crippen MR) is 101 cm³/mol. The molecule has 0 saturated heterocycles. The van der Waals surface area contributed by atoms with Crippen molar-refractivity contribution in [3.05, 3.63) is 0 Å². The van der Waals surface area contributed by atoms with Crippen LogP contribution in [0.2, 0.25) is 0 Å². The quantitative estimate of drug-likeness (QED) is 0.211. The van der Waals surface area contributed by atoms with Gasteiger partial charge in [-0.2, -0.15) is 0 Å². The molecule has 0 heterocycles. The van der Waals surface area contributed by atoms with Crippen LogP contribution in [0.15, 0.2) is 0 Å². The van der Waals surface area contributed by atoms with Crippen LogP contribution in [-0.4, -0.2) is 12.6 Å². The van der Waals surface area contributed by atoms with Crippen molar-refractivity contribution in [1.29, 1.82) is 0 Å². The third-order valence-electron chi connectivity index (χ3n) is 4.46. The number of hydrogen-bond acceptors (Lipinski definition) is 2. The molecule has 0 radical (unpaired) electrons. The molecule has 0 aliphatic carbocycles. The van der Waals surface area contributed by atoms with Crippen molar-refractivity contribution in [3.8, 4) is 0 Å². The first kappa shape index (κ1) is 22.5. The van der Waals surface area contributed by atoms with E-state index in [1.165, 1.54) is 89.9 Å². The average Bonchev–Trinajstić information content (AvgIpc) is 2.54. The molecular formula is C21H42O2. The van der Waals surface area contributed by atoms with Crippen LogP contribution in [0.1, 0.15) is 117 Å². The van der Waals surface area contributed by atoms with Crippen LogP contribution in [-0.2, 0) is 9.53 Å². The number of carbonyl (C=O) groups excluding carboxylic acids is 1. The second kappa shape index (κ2) is 17.8. The molecule has 138 valence electrons. The van der Waals surface area contributed by atoms with Crippen molar-refractivity contribution in [2.45, 2.75) is 117 Å². The molecule has 2 nitrogen and oxygen atoms in total. The summed E-state index contributed by atoms with van der Waals surface area (Å²) in [6, 6.07) is 0. The summed E-state index contributed by atoms with van der Waals surface area (Å²) in [4.78, 5) is 11.3. The van der Waals surface area contributed by atoms with Crippen LogP contribution in [0.3, 0.4) is 0 Å². The maximum Gasteiger partial charge on any atom is 0.308 e. The molecule has 0 N–H and O–H groups in total. The van der Waals surface area contributed by atoms with E-state index in [0.29, 0.717) is 6.61 Å². The van der Waals surface area contributed by atoms with Crippen molar-refractivity contribution in [3.63, 3.8) is 0 Å². The normalized spacial score (nSPS) is 11.1. The third-order valence-corrected chi connectivity index (χ3v) is 4.46. The maximum absolute atomic E-state index is 11.3. The summed E-state index contributed by atoms with van der Waals surface area (Å²) in [5, 5.41) is 0. The van der Waals surface area contributed by atoms with E-state index in [4.69, 9.17) is 4.74 Å². The van der Waals surface area contributed by atoms with Gasteiger partial charge in [0.25, 0.3) is 0 Å². The molecule has 0 fully saturated rings. The zero-order valence-electron chi connectivity index (χ0n) is 16.2. The molecule has 0 aromatic heterocycles. The Labute approximate surface area is 145 Å². The highest BCUT2D eigenvalue weighted by Crippen LogP contribution is 2.13. The van der Waals surface area contributed by atoms with Gasteiger partial charge in [-0.05, 0) is 6.42 Å². The summed E-state index contributed by atoms with van der Waals surface area (Å²) in [7, 11) is 0. The fourth-order valence-corrected chi connectivity index (χ4v) is 2.81. The Bertz CT molecular complexity index is 248. The number of rotatable bonds is 17. The molecule has 0 rings (SSSR count). The van der Waals surface area contributed by atoms with Gasteiger partial charge in [-0.3, -0.25) is 4.79 Å². The van der Waals surface area contributed by atoms with E-state index in [9.17, 15) is 4.79 Å². The van der Waals surface area contributed by atoms with Gasteiger partial charge in [-0.15, -0.1) is 0 Å². The minimum atomic E-state index is -0.0598. The fraction of sp³-hybridized carbons (Fsp3) is 0.952. The van der Waals surface area contributed by atoms with E-state index in [-0.39, 0.29) is 11.9 Å². The molecular weight excluding hydrogens is 284 g/mol. The lowest BCUT2D eigenvalue weighted by atomic mass is 10.0. The number of ether oxygens (including phenoxy) is 1. The largest absolute Gasteiger partial charge is 0.465 e. The predicted octanol–water partition coefficient (Wildman–Crippen LogP) is 7.06.